The molecule has 3 nitrogen and oxygen atoms in total. The Bertz CT molecular complexity index is 615. The highest BCUT2D eigenvalue weighted by atomic mass is 35.5. The summed E-state index contributed by atoms with van der Waals surface area (Å²) in [5, 5.41) is 1.17. The van der Waals surface area contributed by atoms with Crippen molar-refractivity contribution in [1.29, 1.82) is 0 Å². The molecule has 106 valence electrons. The number of nitrogens with zero attached hydrogens (tertiary/aromatic N) is 2. The molecule has 1 heterocycles. The van der Waals surface area contributed by atoms with Gasteiger partial charge in [0.2, 0.25) is 5.88 Å². The Kier molecular flexibility index (Phi) is 4.84. The van der Waals surface area contributed by atoms with Crippen LogP contribution in [-0.4, -0.2) is 9.97 Å². The van der Waals surface area contributed by atoms with Gasteiger partial charge in [-0.3, -0.25) is 0 Å². The Hall–Kier alpha value is -1.32. The average molecular weight is 311 g/mol. The molecule has 0 spiro atoms. The van der Waals surface area contributed by atoms with E-state index in [2.05, 4.69) is 9.97 Å². The van der Waals surface area contributed by atoms with Crippen LogP contribution < -0.4 is 4.74 Å². The van der Waals surface area contributed by atoms with E-state index in [4.69, 9.17) is 27.9 Å². The fraction of sp³-hybridized carbons (Fsp3) is 0.333. The van der Waals surface area contributed by atoms with Crippen LogP contribution in [0.1, 0.15) is 37.8 Å². The van der Waals surface area contributed by atoms with E-state index in [0.717, 1.165) is 22.6 Å². The van der Waals surface area contributed by atoms with Crippen LogP contribution in [0.5, 0.6) is 11.6 Å². The zero-order valence-corrected chi connectivity index (χ0v) is 13.2. The lowest BCUT2D eigenvalue weighted by Gasteiger charge is -2.14. The number of rotatable bonds is 4. The average Bonchev–Trinajstić information content (AvgIpc) is 2.40. The summed E-state index contributed by atoms with van der Waals surface area (Å²) < 4.78 is 5.85. The Morgan fingerprint density at radius 2 is 1.95 bits per heavy atom. The first-order chi connectivity index (χ1) is 9.52. The van der Waals surface area contributed by atoms with Crippen LogP contribution in [0, 0.1) is 0 Å². The lowest BCUT2D eigenvalue weighted by Crippen LogP contribution is -2.00. The Morgan fingerprint density at radius 1 is 1.20 bits per heavy atom. The van der Waals surface area contributed by atoms with Gasteiger partial charge in [-0.2, -0.15) is 0 Å². The SMILES string of the molecule is CCc1cc(Oc2ncnc(Cl)c2C(C)C)ccc1Cl. The molecule has 2 aromatic rings. The van der Waals surface area contributed by atoms with Gasteiger partial charge in [-0.05, 0) is 36.1 Å². The van der Waals surface area contributed by atoms with Crippen LogP contribution >= 0.6 is 23.2 Å². The molecule has 0 atom stereocenters. The standard InChI is InChI=1S/C15H16Cl2N2O/c1-4-10-7-11(5-6-12(10)16)20-15-13(9(2)3)14(17)18-8-19-15/h5-9H,4H2,1-3H3. The molecule has 1 aromatic carbocycles. The molecule has 0 bridgehead atoms. The Labute approximate surface area is 128 Å². The molecule has 20 heavy (non-hydrogen) atoms. The lowest BCUT2D eigenvalue weighted by molar-refractivity contribution is 0.450. The molecule has 0 fully saturated rings. The number of halogens is 2. The molecule has 5 heteroatoms. The third kappa shape index (κ3) is 3.22. The van der Waals surface area contributed by atoms with Crippen LogP contribution in [0.15, 0.2) is 24.5 Å². The summed E-state index contributed by atoms with van der Waals surface area (Å²) in [6.07, 6.45) is 2.25. The monoisotopic (exact) mass is 310 g/mol. The van der Waals surface area contributed by atoms with E-state index in [1.165, 1.54) is 6.33 Å². The third-order valence-electron chi connectivity index (χ3n) is 2.99. The van der Waals surface area contributed by atoms with Gasteiger partial charge in [0, 0.05) is 5.02 Å². The van der Waals surface area contributed by atoms with Crippen molar-refractivity contribution in [3.8, 4) is 11.6 Å². The highest BCUT2D eigenvalue weighted by Crippen LogP contribution is 2.33. The van der Waals surface area contributed by atoms with Crippen LogP contribution in [0.2, 0.25) is 10.2 Å². The summed E-state index contributed by atoms with van der Waals surface area (Å²) in [6, 6.07) is 5.57. The minimum Gasteiger partial charge on any atom is -0.439 e. The number of aryl methyl sites for hydroxylation is 1. The van der Waals surface area contributed by atoms with Crippen molar-refractivity contribution in [2.24, 2.45) is 0 Å². The molecule has 1 aromatic heterocycles. The van der Waals surface area contributed by atoms with Crippen LogP contribution in [0.25, 0.3) is 0 Å². The summed E-state index contributed by atoms with van der Waals surface area (Å²) in [4.78, 5) is 8.19. The van der Waals surface area contributed by atoms with Gasteiger partial charge in [0.15, 0.2) is 0 Å². The van der Waals surface area contributed by atoms with Gasteiger partial charge in [-0.25, -0.2) is 9.97 Å². The fourth-order valence-corrected chi connectivity index (χ4v) is 2.52. The largest absolute Gasteiger partial charge is 0.439 e. The molecule has 0 aliphatic carbocycles. The van der Waals surface area contributed by atoms with Crippen molar-refractivity contribution >= 4 is 23.2 Å². The predicted octanol–water partition coefficient (Wildman–Crippen LogP) is 5.26. The van der Waals surface area contributed by atoms with Gasteiger partial charge in [0.05, 0.1) is 5.56 Å². The first-order valence-electron chi connectivity index (χ1n) is 6.49. The van der Waals surface area contributed by atoms with Crippen molar-refractivity contribution in [1.82, 2.24) is 9.97 Å². The van der Waals surface area contributed by atoms with Crippen molar-refractivity contribution in [3.63, 3.8) is 0 Å². The topological polar surface area (TPSA) is 35.0 Å². The zero-order valence-electron chi connectivity index (χ0n) is 11.7. The quantitative estimate of drug-likeness (QED) is 0.722. The minimum absolute atomic E-state index is 0.177. The molecule has 0 amide bonds. The molecule has 0 aliphatic heterocycles. The minimum atomic E-state index is 0.177. The Balaban J connectivity index is 2.37. The van der Waals surface area contributed by atoms with Gasteiger partial charge in [-0.1, -0.05) is 44.0 Å². The number of aromatic nitrogens is 2. The van der Waals surface area contributed by atoms with E-state index >= 15 is 0 Å². The van der Waals surface area contributed by atoms with Gasteiger partial charge < -0.3 is 4.74 Å². The van der Waals surface area contributed by atoms with Crippen LogP contribution in [0.3, 0.4) is 0 Å². The zero-order chi connectivity index (χ0) is 14.7. The highest BCUT2D eigenvalue weighted by molar-refractivity contribution is 6.31. The summed E-state index contributed by atoms with van der Waals surface area (Å²) in [6.45, 7) is 6.10. The summed E-state index contributed by atoms with van der Waals surface area (Å²) >= 11 is 12.2. The Morgan fingerprint density at radius 3 is 2.60 bits per heavy atom. The van der Waals surface area contributed by atoms with Gasteiger partial charge in [0.1, 0.15) is 17.2 Å². The summed E-state index contributed by atoms with van der Waals surface area (Å²) in [5.74, 6) is 1.36. The van der Waals surface area contributed by atoms with E-state index in [9.17, 15) is 0 Å². The van der Waals surface area contributed by atoms with E-state index < -0.39 is 0 Å². The predicted molar refractivity (Wildman–Crippen MR) is 82.0 cm³/mol. The second kappa shape index (κ2) is 6.42. The van der Waals surface area contributed by atoms with Crippen molar-refractivity contribution < 1.29 is 4.74 Å². The maximum absolute atomic E-state index is 6.12. The molecular formula is C15H16Cl2N2O. The molecule has 0 saturated heterocycles. The van der Waals surface area contributed by atoms with Crippen LogP contribution in [0.4, 0.5) is 0 Å². The number of hydrogen-bond acceptors (Lipinski definition) is 3. The number of hydrogen-bond donors (Lipinski definition) is 0. The van der Waals surface area contributed by atoms with Gasteiger partial charge >= 0.3 is 0 Å². The second-order valence-corrected chi connectivity index (χ2v) is 5.51. The van der Waals surface area contributed by atoms with E-state index in [0.29, 0.717) is 16.8 Å². The lowest BCUT2D eigenvalue weighted by atomic mass is 10.1. The third-order valence-corrected chi connectivity index (χ3v) is 3.66. The number of benzene rings is 1. The molecule has 0 N–H and O–H groups in total. The van der Waals surface area contributed by atoms with E-state index in [1.807, 2.05) is 39.0 Å². The normalized spacial score (nSPS) is 10.9. The smallest absolute Gasteiger partial charge is 0.227 e. The molecule has 0 saturated carbocycles. The summed E-state index contributed by atoms with van der Waals surface area (Å²) in [5.41, 5.74) is 1.84. The molecule has 0 unspecified atom stereocenters. The van der Waals surface area contributed by atoms with E-state index in [-0.39, 0.29) is 5.92 Å². The van der Waals surface area contributed by atoms with E-state index in [1.54, 1.807) is 0 Å². The fourth-order valence-electron chi connectivity index (χ4n) is 1.92. The number of ether oxygens (including phenoxy) is 1. The molecule has 0 aliphatic rings. The molecule has 2 rings (SSSR count). The maximum Gasteiger partial charge on any atom is 0.227 e. The van der Waals surface area contributed by atoms with Gasteiger partial charge in [0.25, 0.3) is 0 Å². The highest BCUT2D eigenvalue weighted by Gasteiger charge is 2.15. The molecular weight excluding hydrogens is 295 g/mol. The summed E-state index contributed by atoms with van der Waals surface area (Å²) in [7, 11) is 0. The maximum atomic E-state index is 6.12. The van der Waals surface area contributed by atoms with Crippen molar-refractivity contribution in [2.45, 2.75) is 33.1 Å². The second-order valence-electron chi connectivity index (χ2n) is 4.75. The van der Waals surface area contributed by atoms with Crippen molar-refractivity contribution in [2.75, 3.05) is 0 Å². The first kappa shape index (κ1) is 15.1. The first-order valence-corrected chi connectivity index (χ1v) is 7.25. The van der Waals surface area contributed by atoms with Crippen LogP contribution in [-0.2, 0) is 6.42 Å². The molecule has 0 radical (unpaired) electrons. The van der Waals surface area contributed by atoms with Crippen molar-refractivity contribution in [3.05, 3.63) is 45.8 Å². The van der Waals surface area contributed by atoms with Gasteiger partial charge in [-0.15, -0.1) is 0 Å².